The van der Waals surface area contributed by atoms with E-state index in [-0.39, 0.29) is 24.7 Å². The Morgan fingerprint density at radius 1 is 1.43 bits per heavy atom. The van der Waals surface area contributed by atoms with Crippen molar-refractivity contribution in [2.24, 2.45) is 0 Å². The summed E-state index contributed by atoms with van der Waals surface area (Å²) in [5, 5.41) is -0.364. The van der Waals surface area contributed by atoms with Gasteiger partial charge in [-0.1, -0.05) is 11.6 Å². The van der Waals surface area contributed by atoms with Gasteiger partial charge in [0, 0.05) is 20.2 Å². The summed E-state index contributed by atoms with van der Waals surface area (Å²) >= 11 is 5.81. The molecule has 0 aromatic heterocycles. The van der Waals surface area contributed by atoms with Crippen LogP contribution in [0.15, 0.2) is 17.0 Å². The Morgan fingerprint density at radius 3 is 2.70 bits per heavy atom. The molecule has 5 nitrogen and oxygen atoms in total. The van der Waals surface area contributed by atoms with Crippen LogP contribution in [0.4, 0.5) is 8.78 Å². The van der Waals surface area contributed by atoms with Gasteiger partial charge in [0.25, 0.3) is 0 Å². The van der Waals surface area contributed by atoms with Crippen LogP contribution >= 0.6 is 11.6 Å². The number of benzene rings is 1. The molecule has 1 aromatic carbocycles. The lowest BCUT2D eigenvalue weighted by Gasteiger charge is -2.41. The molecule has 1 aliphatic heterocycles. The van der Waals surface area contributed by atoms with Crippen LogP contribution in [0.3, 0.4) is 0 Å². The molecule has 0 saturated carbocycles. The zero-order chi connectivity index (χ0) is 17.4. The van der Waals surface area contributed by atoms with E-state index in [0.717, 1.165) is 16.4 Å². The van der Waals surface area contributed by atoms with E-state index in [1.165, 1.54) is 7.11 Å². The highest BCUT2D eigenvalue weighted by molar-refractivity contribution is 7.89. The second kappa shape index (κ2) is 6.60. The van der Waals surface area contributed by atoms with Crippen LogP contribution in [-0.4, -0.2) is 51.2 Å². The van der Waals surface area contributed by atoms with Gasteiger partial charge >= 0.3 is 0 Å². The molecule has 1 aliphatic rings. The molecule has 0 spiro atoms. The number of hydrogen-bond acceptors (Lipinski definition) is 4. The first kappa shape index (κ1) is 18.5. The molecule has 1 atom stereocenters. The third-order valence-electron chi connectivity index (χ3n) is 3.40. The lowest BCUT2D eigenvalue weighted by atomic mass is 10.1. The minimum atomic E-state index is -4.32. The van der Waals surface area contributed by atoms with Crippen molar-refractivity contribution in [3.05, 3.63) is 28.8 Å². The van der Waals surface area contributed by atoms with Crippen LogP contribution in [0, 0.1) is 11.6 Å². The monoisotopic (exact) mass is 369 g/mol. The number of hydrogen-bond donors (Lipinski definition) is 0. The predicted molar refractivity (Wildman–Crippen MR) is 81.0 cm³/mol. The SMILES string of the molecule is COCC1CN(S(=O)(=O)c2c(Cl)ccc(F)c2F)CC(C)(C)O1. The minimum absolute atomic E-state index is 0.0121. The maximum Gasteiger partial charge on any atom is 0.247 e. The van der Waals surface area contributed by atoms with E-state index in [1.807, 2.05) is 0 Å². The molecule has 1 fully saturated rings. The van der Waals surface area contributed by atoms with Gasteiger partial charge in [0.1, 0.15) is 4.90 Å². The Kier molecular flexibility index (Phi) is 5.32. The van der Waals surface area contributed by atoms with Crippen molar-refractivity contribution >= 4 is 21.6 Å². The van der Waals surface area contributed by atoms with Gasteiger partial charge < -0.3 is 9.47 Å². The third kappa shape index (κ3) is 3.83. The first-order valence-corrected chi connectivity index (χ1v) is 8.70. The van der Waals surface area contributed by atoms with E-state index >= 15 is 0 Å². The summed E-state index contributed by atoms with van der Waals surface area (Å²) in [7, 11) is -2.85. The van der Waals surface area contributed by atoms with E-state index in [9.17, 15) is 17.2 Å². The van der Waals surface area contributed by atoms with E-state index < -0.39 is 38.3 Å². The summed E-state index contributed by atoms with van der Waals surface area (Å²) in [6.45, 7) is 3.55. The molecule has 1 saturated heterocycles. The van der Waals surface area contributed by atoms with Gasteiger partial charge in [-0.15, -0.1) is 0 Å². The molecule has 0 amide bonds. The Bertz CT molecular complexity index is 696. The standard InChI is InChI=1S/C14H18ClF2NO4S/c1-14(2)8-18(6-9(22-14)7-21-3)23(19,20)13-10(15)4-5-11(16)12(13)17/h4-5,9H,6-8H2,1-3H3. The van der Waals surface area contributed by atoms with Gasteiger partial charge in [-0.25, -0.2) is 17.2 Å². The van der Waals surface area contributed by atoms with Crippen molar-refractivity contribution in [2.75, 3.05) is 26.8 Å². The number of rotatable bonds is 4. The normalized spacial score (nSPS) is 22.3. The topological polar surface area (TPSA) is 55.8 Å². The Morgan fingerprint density at radius 2 is 2.09 bits per heavy atom. The summed E-state index contributed by atoms with van der Waals surface area (Å²) in [5.41, 5.74) is -0.801. The number of morpholine rings is 1. The van der Waals surface area contributed by atoms with Crippen LogP contribution in [0.25, 0.3) is 0 Å². The van der Waals surface area contributed by atoms with Gasteiger partial charge in [-0.3, -0.25) is 0 Å². The third-order valence-corrected chi connectivity index (χ3v) is 5.70. The second-order valence-electron chi connectivity index (χ2n) is 5.92. The summed E-state index contributed by atoms with van der Waals surface area (Å²) < 4.78 is 64.8. The van der Waals surface area contributed by atoms with Gasteiger partial charge in [0.05, 0.1) is 23.3 Å². The maximum atomic E-state index is 14.0. The smallest absolute Gasteiger partial charge is 0.247 e. The highest BCUT2D eigenvalue weighted by Gasteiger charge is 2.41. The van der Waals surface area contributed by atoms with Crippen LogP contribution in [-0.2, 0) is 19.5 Å². The molecule has 23 heavy (non-hydrogen) atoms. The first-order chi connectivity index (χ1) is 10.6. The van der Waals surface area contributed by atoms with Crippen LogP contribution in [0.2, 0.25) is 5.02 Å². The number of ether oxygens (including phenoxy) is 2. The summed E-state index contributed by atoms with van der Waals surface area (Å²) in [5.74, 6) is -2.75. The molecule has 0 aliphatic carbocycles. The molecule has 0 bridgehead atoms. The largest absolute Gasteiger partial charge is 0.382 e. The lowest BCUT2D eigenvalue weighted by Crippen LogP contribution is -2.55. The highest BCUT2D eigenvalue weighted by Crippen LogP contribution is 2.32. The fourth-order valence-corrected chi connectivity index (χ4v) is 4.75. The van der Waals surface area contributed by atoms with Gasteiger partial charge in [-0.05, 0) is 26.0 Å². The number of sulfonamides is 1. The lowest BCUT2D eigenvalue weighted by molar-refractivity contribution is -0.135. The minimum Gasteiger partial charge on any atom is -0.382 e. The van der Waals surface area contributed by atoms with Gasteiger partial charge in [-0.2, -0.15) is 4.31 Å². The Hall–Kier alpha value is -0.800. The van der Waals surface area contributed by atoms with Gasteiger partial charge in [0.15, 0.2) is 11.6 Å². The number of halogens is 3. The fourth-order valence-electron chi connectivity index (χ4n) is 2.57. The van der Waals surface area contributed by atoms with E-state index in [4.69, 9.17) is 21.1 Å². The fraction of sp³-hybridized carbons (Fsp3) is 0.571. The summed E-state index contributed by atoms with van der Waals surface area (Å²) in [6.07, 6.45) is -0.520. The van der Waals surface area contributed by atoms with Crippen LogP contribution < -0.4 is 0 Å². The molecule has 1 heterocycles. The molecule has 0 radical (unpaired) electrons. The highest BCUT2D eigenvalue weighted by atomic mass is 35.5. The predicted octanol–water partition coefficient (Wildman–Crippen LogP) is 2.43. The van der Waals surface area contributed by atoms with E-state index in [2.05, 4.69) is 0 Å². The van der Waals surface area contributed by atoms with Crippen molar-refractivity contribution in [1.29, 1.82) is 0 Å². The molecular formula is C14H18ClF2NO4S. The molecule has 1 aromatic rings. The Balaban J connectivity index is 2.45. The van der Waals surface area contributed by atoms with Crippen LogP contribution in [0.5, 0.6) is 0 Å². The average molecular weight is 370 g/mol. The Labute approximate surface area is 139 Å². The van der Waals surface area contributed by atoms with Crippen molar-refractivity contribution in [3.8, 4) is 0 Å². The van der Waals surface area contributed by atoms with E-state index in [0.29, 0.717) is 0 Å². The molecule has 9 heteroatoms. The quantitative estimate of drug-likeness (QED) is 0.765. The number of methoxy groups -OCH3 is 1. The molecule has 1 unspecified atom stereocenters. The van der Waals surface area contributed by atoms with Crippen LogP contribution in [0.1, 0.15) is 13.8 Å². The zero-order valence-corrected chi connectivity index (χ0v) is 14.5. The summed E-state index contributed by atoms with van der Waals surface area (Å²) in [6, 6.07) is 1.80. The second-order valence-corrected chi connectivity index (χ2v) is 8.21. The van der Waals surface area contributed by atoms with Crippen molar-refractivity contribution in [3.63, 3.8) is 0 Å². The summed E-state index contributed by atoms with van der Waals surface area (Å²) in [4.78, 5) is -0.854. The van der Waals surface area contributed by atoms with Crippen molar-refractivity contribution in [2.45, 2.75) is 30.4 Å². The van der Waals surface area contributed by atoms with Gasteiger partial charge in [0.2, 0.25) is 10.0 Å². The number of nitrogens with zero attached hydrogens (tertiary/aromatic N) is 1. The molecule has 0 N–H and O–H groups in total. The first-order valence-electron chi connectivity index (χ1n) is 6.89. The molecular weight excluding hydrogens is 352 g/mol. The van der Waals surface area contributed by atoms with E-state index in [1.54, 1.807) is 13.8 Å². The zero-order valence-electron chi connectivity index (χ0n) is 13.0. The maximum absolute atomic E-state index is 14.0. The molecule has 130 valence electrons. The average Bonchev–Trinajstić information content (AvgIpc) is 2.42. The van der Waals surface area contributed by atoms with Crippen molar-refractivity contribution < 1.29 is 26.7 Å². The molecule has 2 rings (SSSR count). The van der Waals surface area contributed by atoms with Crippen molar-refractivity contribution in [1.82, 2.24) is 4.31 Å².